The summed E-state index contributed by atoms with van der Waals surface area (Å²) in [7, 11) is 0. The molecule has 1 unspecified atom stereocenters. The molecule has 180 valence electrons. The lowest BCUT2D eigenvalue weighted by Gasteiger charge is -2.37. The molecule has 3 rings (SSSR count). The van der Waals surface area contributed by atoms with Crippen molar-refractivity contribution in [3.63, 3.8) is 0 Å². The Morgan fingerprint density at radius 3 is 2.50 bits per heavy atom. The molecule has 0 spiro atoms. The first kappa shape index (κ1) is 24.8. The Morgan fingerprint density at radius 2 is 1.82 bits per heavy atom. The Bertz CT molecular complexity index is 1050. The molecule has 0 aliphatic carbocycles. The molecule has 0 saturated carbocycles. The van der Waals surface area contributed by atoms with E-state index >= 15 is 0 Å². The van der Waals surface area contributed by atoms with Gasteiger partial charge in [0.1, 0.15) is 0 Å². The minimum Gasteiger partial charge on any atom is -0.463 e. The summed E-state index contributed by atoms with van der Waals surface area (Å²) in [5.74, 6) is -0.491. The number of benzene rings is 2. The summed E-state index contributed by atoms with van der Waals surface area (Å²) >= 11 is 0. The number of hydrogen-bond donors (Lipinski definition) is 3. The maximum atomic E-state index is 13.3. The van der Waals surface area contributed by atoms with Gasteiger partial charge in [-0.1, -0.05) is 55.8 Å². The third-order valence-electron chi connectivity index (χ3n) is 5.42. The number of carbonyl (C=O) groups is 3. The first-order chi connectivity index (χ1) is 16.5. The number of unbranched alkanes of at least 4 members (excludes halogenated alkanes) is 1. The molecule has 0 saturated heterocycles. The smallest absolute Gasteiger partial charge is 0.338 e. The van der Waals surface area contributed by atoms with Crippen molar-refractivity contribution in [2.24, 2.45) is 0 Å². The minimum absolute atomic E-state index is 0.207. The molecule has 1 aliphatic rings. The largest absolute Gasteiger partial charge is 0.463 e. The van der Waals surface area contributed by atoms with Crippen LogP contribution in [0.2, 0.25) is 0 Å². The predicted octanol–water partition coefficient (Wildman–Crippen LogP) is 4.67. The van der Waals surface area contributed by atoms with Gasteiger partial charge in [-0.3, -0.25) is 4.90 Å². The summed E-state index contributed by atoms with van der Waals surface area (Å²) < 4.78 is 5.45. The summed E-state index contributed by atoms with van der Waals surface area (Å²) in [6.45, 7) is 6.81. The molecular weight excluding hydrogens is 432 g/mol. The summed E-state index contributed by atoms with van der Waals surface area (Å²) in [5, 5.41) is 8.45. The fourth-order valence-electron chi connectivity index (χ4n) is 3.90. The molecule has 0 bridgehead atoms. The molecule has 2 aromatic carbocycles. The summed E-state index contributed by atoms with van der Waals surface area (Å²) in [6.07, 6.45) is 1.69. The number of ether oxygens (including phenoxy) is 1. The average molecular weight is 465 g/mol. The van der Waals surface area contributed by atoms with E-state index in [1.165, 1.54) is 0 Å². The van der Waals surface area contributed by atoms with Gasteiger partial charge in [-0.05, 0) is 43.5 Å². The lowest BCUT2D eigenvalue weighted by Crippen LogP contribution is -2.48. The van der Waals surface area contributed by atoms with Gasteiger partial charge >= 0.3 is 18.0 Å². The van der Waals surface area contributed by atoms with Crippen molar-refractivity contribution in [3.8, 4) is 0 Å². The number of rotatable bonds is 9. The summed E-state index contributed by atoms with van der Waals surface area (Å²) in [4.78, 5) is 40.2. The highest BCUT2D eigenvalue weighted by Crippen LogP contribution is 2.37. The molecule has 0 radical (unpaired) electrons. The van der Waals surface area contributed by atoms with Crippen molar-refractivity contribution in [2.45, 2.75) is 39.7 Å². The van der Waals surface area contributed by atoms with Gasteiger partial charge in [0.25, 0.3) is 0 Å². The second-order valence-corrected chi connectivity index (χ2v) is 7.85. The van der Waals surface area contributed by atoms with Gasteiger partial charge in [0.2, 0.25) is 0 Å². The van der Waals surface area contributed by atoms with Crippen LogP contribution in [0.15, 0.2) is 60.2 Å². The second kappa shape index (κ2) is 11.9. The van der Waals surface area contributed by atoms with Crippen LogP contribution in [0.5, 0.6) is 0 Å². The molecule has 8 nitrogen and oxygen atoms in total. The quantitative estimate of drug-likeness (QED) is 0.470. The van der Waals surface area contributed by atoms with Crippen LogP contribution in [0.4, 0.5) is 15.3 Å². The van der Waals surface area contributed by atoms with Crippen LogP contribution in [0.1, 0.15) is 50.8 Å². The van der Waals surface area contributed by atoms with Crippen LogP contribution < -0.4 is 16.0 Å². The highest BCUT2D eigenvalue weighted by atomic mass is 16.5. The number of urea groups is 2. The lowest BCUT2D eigenvalue weighted by atomic mass is 9.91. The summed E-state index contributed by atoms with van der Waals surface area (Å²) in [6, 6.07) is 15.2. The van der Waals surface area contributed by atoms with Crippen LogP contribution in [0, 0.1) is 0 Å². The zero-order chi connectivity index (χ0) is 24.5. The number of carbonyl (C=O) groups excluding carboxylic acids is 3. The van der Waals surface area contributed by atoms with Gasteiger partial charge in [0.05, 0.1) is 23.9 Å². The van der Waals surface area contributed by atoms with Crippen molar-refractivity contribution in [1.29, 1.82) is 0 Å². The van der Waals surface area contributed by atoms with Crippen LogP contribution in [-0.2, 0) is 9.53 Å². The van der Waals surface area contributed by atoms with Crippen molar-refractivity contribution >= 4 is 29.4 Å². The van der Waals surface area contributed by atoms with E-state index in [2.05, 4.69) is 22.9 Å². The Balaban J connectivity index is 2.15. The number of nitrogens with zero attached hydrogens (tertiary/aromatic N) is 1. The molecule has 34 heavy (non-hydrogen) atoms. The SMILES string of the molecule is CCCCN1C(=O)NC(c2cccc(NC(=O)NCC)c2)C(C(=O)OCC)=C1c1ccccc1. The van der Waals surface area contributed by atoms with E-state index in [1.54, 1.807) is 30.0 Å². The van der Waals surface area contributed by atoms with Crippen LogP contribution in [0.25, 0.3) is 5.70 Å². The van der Waals surface area contributed by atoms with Crippen LogP contribution in [0.3, 0.4) is 0 Å². The molecule has 2 aromatic rings. The number of nitrogens with one attached hydrogen (secondary N) is 3. The van der Waals surface area contributed by atoms with Gasteiger partial charge in [0, 0.05) is 18.8 Å². The maximum absolute atomic E-state index is 13.3. The normalized spacial score (nSPS) is 15.6. The monoisotopic (exact) mass is 464 g/mol. The Morgan fingerprint density at radius 1 is 1.06 bits per heavy atom. The molecular formula is C26H32N4O4. The standard InChI is InChI=1S/C26H32N4O4/c1-4-7-16-30-23(18-12-9-8-10-13-18)21(24(31)34-6-3)22(29-26(30)33)19-14-11-15-20(17-19)28-25(32)27-5-2/h8-15,17,22H,4-7,16H2,1-3H3,(H,29,33)(H2,27,28,32). The van der Waals surface area contributed by atoms with E-state index in [0.717, 1.165) is 18.4 Å². The van der Waals surface area contributed by atoms with E-state index in [9.17, 15) is 14.4 Å². The van der Waals surface area contributed by atoms with Crippen molar-refractivity contribution in [1.82, 2.24) is 15.5 Å². The van der Waals surface area contributed by atoms with E-state index in [-0.39, 0.29) is 18.7 Å². The summed E-state index contributed by atoms with van der Waals surface area (Å²) in [5.41, 5.74) is 2.88. The molecule has 1 atom stereocenters. The molecule has 3 N–H and O–H groups in total. The molecule has 0 aromatic heterocycles. The Labute approximate surface area is 200 Å². The zero-order valence-electron chi connectivity index (χ0n) is 19.9. The molecule has 8 heteroatoms. The van der Waals surface area contributed by atoms with Gasteiger partial charge in [-0.25, -0.2) is 14.4 Å². The molecule has 1 aliphatic heterocycles. The number of hydrogen-bond acceptors (Lipinski definition) is 4. The maximum Gasteiger partial charge on any atom is 0.338 e. The fraction of sp³-hybridized carbons (Fsp3) is 0.346. The fourth-order valence-corrected chi connectivity index (χ4v) is 3.90. The lowest BCUT2D eigenvalue weighted by molar-refractivity contribution is -0.138. The highest BCUT2D eigenvalue weighted by molar-refractivity contribution is 6.04. The number of amides is 4. The van der Waals surface area contributed by atoms with Crippen molar-refractivity contribution < 1.29 is 19.1 Å². The number of esters is 1. The van der Waals surface area contributed by atoms with Gasteiger partial charge in [0.15, 0.2) is 0 Å². The van der Waals surface area contributed by atoms with Gasteiger partial charge < -0.3 is 20.7 Å². The molecule has 4 amide bonds. The van der Waals surface area contributed by atoms with E-state index < -0.39 is 12.0 Å². The molecule has 0 fully saturated rings. The Kier molecular flexibility index (Phi) is 8.67. The van der Waals surface area contributed by atoms with Crippen LogP contribution >= 0.6 is 0 Å². The van der Waals surface area contributed by atoms with E-state index in [1.807, 2.05) is 43.3 Å². The second-order valence-electron chi connectivity index (χ2n) is 7.85. The first-order valence-corrected chi connectivity index (χ1v) is 11.7. The van der Waals surface area contributed by atoms with E-state index in [0.29, 0.717) is 35.6 Å². The third kappa shape index (κ3) is 5.75. The average Bonchev–Trinajstić information content (AvgIpc) is 2.83. The number of anilines is 1. The van der Waals surface area contributed by atoms with Gasteiger partial charge in [-0.15, -0.1) is 0 Å². The highest BCUT2D eigenvalue weighted by Gasteiger charge is 2.38. The van der Waals surface area contributed by atoms with Gasteiger partial charge in [-0.2, -0.15) is 0 Å². The minimum atomic E-state index is -0.740. The van der Waals surface area contributed by atoms with Crippen LogP contribution in [-0.4, -0.2) is 42.6 Å². The zero-order valence-corrected chi connectivity index (χ0v) is 19.9. The Hall–Kier alpha value is -3.81. The van der Waals surface area contributed by atoms with Crippen molar-refractivity contribution in [2.75, 3.05) is 25.0 Å². The first-order valence-electron chi connectivity index (χ1n) is 11.7. The predicted molar refractivity (Wildman–Crippen MR) is 132 cm³/mol. The van der Waals surface area contributed by atoms with E-state index in [4.69, 9.17) is 4.74 Å². The van der Waals surface area contributed by atoms with Crippen molar-refractivity contribution in [3.05, 3.63) is 71.3 Å². The molecule has 1 heterocycles. The third-order valence-corrected chi connectivity index (χ3v) is 5.42. The topological polar surface area (TPSA) is 99.8 Å².